The Bertz CT molecular complexity index is 655. The number of aromatic nitrogens is 3. The third kappa shape index (κ3) is 3.47. The Morgan fingerprint density at radius 2 is 2.20 bits per heavy atom. The average Bonchev–Trinajstić information content (AvgIpc) is 2.96. The van der Waals surface area contributed by atoms with Gasteiger partial charge in [0.05, 0.1) is 22.6 Å². The molecule has 2 rings (SSSR count). The topological polar surface area (TPSA) is 97.1 Å². The molecule has 1 amide bonds. The van der Waals surface area contributed by atoms with Crippen molar-refractivity contribution < 1.29 is 14.7 Å². The first-order valence-corrected chi connectivity index (χ1v) is 6.91. The Balaban J connectivity index is 1.87. The summed E-state index contributed by atoms with van der Waals surface area (Å²) < 4.78 is 2.08. The molecule has 0 spiro atoms. The summed E-state index contributed by atoms with van der Waals surface area (Å²) in [5.41, 5.74) is 0.162. The number of carboxylic acid groups (broad SMARTS) is 1. The van der Waals surface area contributed by atoms with Crippen molar-refractivity contribution in [2.45, 2.75) is 6.54 Å². The maximum absolute atomic E-state index is 11.8. The first-order valence-electron chi connectivity index (χ1n) is 5.34. The normalized spacial score (nSPS) is 10.5. The van der Waals surface area contributed by atoms with Crippen LogP contribution >= 0.6 is 34.5 Å². The number of nitrogens with zero attached hydrogens (tertiary/aromatic N) is 3. The molecule has 0 bridgehead atoms. The minimum absolute atomic E-state index is 0.149. The number of carbonyl (C=O) groups excluding carboxylic acids is 1. The molecular weight excluding hydrogens is 327 g/mol. The lowest BCUT2D eigenvalue weighted by Crippen LogP contribution is -2.27. The van der Waals surface area contributed by atoms with Crippen molar-refractivity contribution in [2.75, 3.05) is 6.54 Å². The van der Waals surface area contributed by atoms with E-state index in [1.54, 1.807) is 0 Å². The average molecular weight is 335 g/mol. The largest absolute Gasteiger partial charge is 0.476 e. The predicted molar refractivity (Wildman–Crippen MR) is 73.7 cm³/mol. The van der Waals surface area contributed by atoms with Gasteiger partial charge in [-0.3, -0.25) is 4.79 Å². The van der Waals surface area contributed by atoms with Gasteiger partial charge in [0.15, 0.2) is 5.69 Å². The number of halogens is 2. The lowest BCUT2D eigenvalue weighted by Gasteiger charge is -2.03. The number of carbonyl (C=O) groups is 2. The Kier molecular flexibility index (Phi) is 4.58. The molecule has 10 heteroatoms. The molecule has 0 atom stereocenters. The lowest BCUT2D eigenvalue weighted by atomic mass is 10.3. The molecule has 0 aliphatic rings. The second-order valence-corrected chi connectivity index (χ2v) is 5.95. The number of carboxylic acids is 1. The van der Waals surface area contributed by atoms with E-state index in [0.29, 0.717) is 20.8 Å². The van der Waals surface area contributed by atoms with E-state index < -0.39 is 5.97 Å². The minimum atomic E-state index is -1.15. The first-order chi connectivity index (χ1) is 9.47. The number of rotatable bonds is 5. The van der Waals surface area contributed by atoms with Crippen LogP contribution in [0.1, 0.15) is 20.8 Å². The zero-order valence-corrected chi connectivity index (χ0v) is 12.2. The Morgan fingerprint density at radius 3 is 2.75 bits per heavy atom. The van der Waals surface area contributed by atoms with Crippen molar-refractivity contribution in [3.05, 3.63) is 32.2 Å². The summed E-state index contributed by atoms with van der Waals surface area (Å²) in [6.07, 6.45) is 1.28. The van der Waals surface area contributed by atoms with Gasteiger partial charge in [-0.2, -0.15) is 0 Å². The van der Waals surface area contributed by atoms with Crippen LogP contribution in [0.2, 0.25) is 8.67 Å². The summed E-state index contributed by atoms with van der Waals surface area (Å²) in [5, 5.41) is 18.4. The highest BCUT2D eigenvalue weighted by molar-refractivity contribution is 7.20. The zero-order valence-electron chi connectivity index (χ0n) is 9.84. The molecule has 0 aliphatic heterocycles. The maximum atomic E-state index is 11.8. The molecule has 7 nitrogen and oxygen atoms in total. The number of nitrogens with one attached hydrogen (secondary N) is 1. The highest BCUT2D eigenvalue weighted by Crippen LogP contribution is 2.30. The first kappa shape index (κ1) is 14.8. The fourth-order valence-corrected chi connectivity index (χ4v) is 2.84. The molecule has 2 heterocycles. The Morgan fingerprint density at radius 1 is 1.45 bits per heavy atom. The van der Waals surface area contributed by atoms with Gasteiger partial charge in [0.1, 0.15) is 4.34 Å². The van der Waals surface area contributed by atoms with E-state index >= 15 is 0 Å². The van der Waals surface area contributed by atoms with E-state index in [0.717, 1.165) is 11.3 Å². The number of hydrogen-bond acceptors (Lipinski definition) is 5. The standard InChI is InChI=1S/C10H8Cl2N4O3S/c11-7-3-5(8(12)20-7)9(17)13-1-2-16-4-6(10(18)19)14-15-16/h3-4H,1-2H2,(H,13,17)(H,18,19). The van der Waals surface area contributed by atoms with E-state index in [-0.39, 0.29) is 18.1 Å². The monoisotopic (exact) mass is 334 g/mol. The van der Waals surface area contributed by atoms with Crippen LogP contribution in [0.3, 0.4) is 0 Å². The minimum Gasteiger partial charge on any atom is -0.476 e. The smallest absolute Gasteiger partial charge is 0.358 e. The van der Waals surface area contributed by atoms with Crippen LogP contribution in [0.4, 0.5) is 0 Å². The molecule has 106 valence electrons. The van der Waals surface area contributed by atoms with E-state index in [4.69, 9.17) is 28.3 Å². The number of amides is 1. The fraction of sp³-hybridized carbons (Fsp3) is 0.200. The van der Waals surface area contributed by atoms with Crippen molar-refractivity contribution in [1.82, 2.24) is 20.3 Å². The van der Waals surface area contributed by atoms with Crippen molar-refractivity contribution >= 4 is 46.4 Å². The van der Waals surface area contributed by atoms with Crippen LogP contribution in [0.25, 0.3) is 0 Å². The van der Waals surface area contributed by atoms with Gasteiger partial charge in [0.25, 0.3) is 5.91 Å². The number of aromatic carboxylic acids is 1. The molecular formula is C10H8Cl2N4O3S. The van der Waals surface area contributed by atoms with E-state index in [1.807, 2.05) is 0 Å². The summed E-state index contributed by atoms with van der Waals surface area (Å²) >= 11 is 12.7. The quantitative estimate of drug-likeness (QED) is 0.868. The van der Waals surface area contributed by atoms with Gasteiger partial charge in [0, 0.05) is 6.54 Å². The Labute approximate surface area is 127 Å². The summed E-state index contributed by atoms with van der Waals surface area (Å²) in [7, 11) is 0. The Hall–Kier alpha value is -1.64. The second-order valence-electron chi connectivity index (χ2n) is 3.67. The molecule has 0 aromatic carbocycles. The molecule has 0 aliphatic carbocycles. The SMILES string of the molecule is O=C(O)c1cn(CCNC(=O)c2cc(Cl)sc2Cl)nn1. The summed E-state index contributed by atoms with van der Waals surface area (Å²) in [6, 6.07) is 1.49. The fourth-order valence-electron chi connectivity index (χ4n) is 1.38. The molecule has 2 N–H and O–H groups in total. The highest BCUT2D eigenvalue weighted by atomic mass is 35.5. The van der Waals surface area contributed by atoms with Crippen LogP contribution in [0.15, 0.2) is 12.3 Å². The molecule has 0 fully saturated rings. The third-order valence-electron chi connectivity index (χ3n) is 2.29. The molecule has 0 unspecified atom stereocenters. The summed E-state index contributed by atoms with van der Waals surface area (Å²) in [5.74, 6) is -1.50. The maximum Gasteiger partial charge on any atom is 0.358 e. The van der Waals surface area contributed by atoms with Gasteiger partial charge in [-0.05, 0) is 6.07 Å². The molecule has 2 aromatic rings. The molecule has 0 saturated carbocycles. The molecule has 0 saturated heterocycles. The van der Waals surface area contributed by atoms with Gasteiger partial charge in [-0.15, -0.1) is 16.4 Å². The lowest BCUT2D eigenvalue weighted by molar-refractivity contribution is 0.0690. The van der Waals surface area contributed by atoms with E-state index in [9.17, 15) is 9.59 Å². The molecule has 0 radical (unpaired) electrons. The molecule has 20 heavy (non-hydrogen) atoms. The highest BCUT2D eigenvalue weighted by Gasteiger charge is 2.14. The number of hydrogen-bond donors (Lipinski definition) is 2. The third-order valence-corrected chi connectivity index (χ3v) is 3.77. The van der Waals surface area contributed by atoms with Crippen molar-refractivity contribution in [3.8, 4) is 0 Å². The van der Waals surface area contributed by atoms with E-state index in [2.05, 4.69) is 15.6 Å². The summed E-state index contributed by atoms with van der Waals surface area (Å²) in [4.78, 5) is 22.4. The van der Waals surface area contributed by atoms with Crippen LogP contribution < -0.4 is 5.32 Å². The van der Waals surface area contributed by atoms with Gasteiger partial charge < -0.3 is 10.4 Å². The van der Waals surface area contributed by atoms with Crippen molar-refractivity contribution in [1.29, 1.82) is 0 Å². The number of thiophene rings is 1. The van der Waals surface area contributed by atoms with Gasteiger partial charge in [-0.1, -0.05) is 28.4 Å². The van der Waals surface area contributed by atoms with Crippen LogP contribution in [0.5, 0.6) is 0 Å². The van der Waals surface area contributed by atoms with E-state index in [1.165, 1.54) is 16.9 Å². The van der Waals surface area contributed by atoms with Crippen LogP contribution in [-0.4, -0.2) is 38.5 Å². The van der Waals surface area contributed by atoms with Crippen molar-refractivity contribution in [2.24, 2.45) is 0 Å². The van der Waals surface area contributed by atoms with Crippen molar-refractivity contribution in [3.63, 3.8) is 0 Å². The predicted octanol–water partition coefficient (Wildman–Crippen LogP) is 1.77. The van der Waals surface area contributed by atoms with Crippen LogP contribution in [0, 0.1) is 0 Å². The van der Waals surface area contributed by atoms with Gasteiger partial charge >= 0.3 is 5.97 Å². The van der Waals surface area contributed by atoms with Gasteiger partial charge in [-0.25, -0.2) is 9.48 Å². The van der Waals surface area contributed by atoms with Crippen LogP contribution in [-0.2, 0) is 6.54 Å². The second kappa shape index (κ2) is 6.21. The zero-order chi connectivity index (χ0) is 14.7. The molecule has 2 aromatic heterocycles. The van der Waals surface area contributed by atoms with Gasteiger partial charge in [0.2, 0.25) is 0 Å². The summed E-state index contributed by atoms with van der Waals surface area (Å²) in [6.45, 7) is 0.548.